The second kappa shape index (κ2) is 4.96. The Labute approximate surface area is 103 Å². The molecule has 0 aliphatic heterocycles. The maximum atomic E-state index is 11.8. The van der Waals surface area contributed by atoms with E-state index in [0.717, 1.165) is 5.56 Å². The number of aromatic hydroxyl groups is 1. The molecule has 96 valence electrons. The summed E-state index contributed by atoms with van der Waals surface area (Å²) in [5, 5.41) is 9.79. The van der Waals surface area contributed by atoms with E-state index in [9.17, 15) is 13.5 Å². The number of hydrogen-bond acceptors (Lipinski definition) is 3. The van der Waals surface area contributed by atoms with Gasteiger partial charge >= 0.3 is 0 Å². The van der Waals surface area contributed by atoms with E-state index in [2.05, 4.69) is 4.72 Å². The van der Waals surface area contributed by atoms with Crippen LogP contribution in [0.3, 0.4) is 0 Å². The van der Waals surface area contributed by atoms with Crippen molar-refractivity contribution in [1.29, 1.82) is 0 Å². The van der Waals surface area contributed by atoms with E-state index in [1.54, 1.807) is 19.1 Å². The summed E-state index contributed by atoms with van der Waals surface area (Å²) in [5.41, 5.74) is 1.82. The standard InChI is InChI=1S/C12H19NO3S/c1-8(2)7-17(15,16)13-11-6-9(3)5-10(4)12(11)14/h5-6,8,13-14H,7H2,1-4H3. The predicted octanol–water partition coefficient (Wildman–Crippen LogP) is 2.41. The van der Waals surface area contributed by atoms with E-state index in [-0.39, 0.29) is 23.1 Å². The van der Waals surface area contributed by atoms with Gasteiger partial charge in [0.05, 0.1) is 11.4 Å². The van der Waals surface area contributed by atoms with Gasteiger partial charge in [-0.1, -0.05) is 19.9 Å². The van der Waals surface area contributed by atoms with Crippen molar-refractivity contribution in [2.75, 3.05) is 10.5 Å². The highest BCUT2D eigenvalue weighted by Gasteiger charge is 2.15. The molecule has 0 heterocycles. The van der Waals surface area contributed by atoms with E-state index < -0.39 is 10.0 Å². The summed E-state index contributed by atoms with van der Waals surface area (Å²) >= 11 is 0. The third-order valence-corrected chi connectivity index (χ3v) is 3.90. The Balaban J connectivity index is 3.04. The quantitative estimate of drug-likeness (QED) is 0.814. The SMILES string of the molecule is Cc1cc(C)c(O)c(NS(=O)(=O)CC(C)C)c1. The molecule has 1 aromatic rings. The average Bonchev–Trinajstić information content (AvgIpc) is 2.10. The van der Waals surface area contributed by atoms with Crippen LogP contribution in [0.15, 0.2) is 12.1 Å². The minimum atomic E-state index is -3.40. The monoisotopic (exact) mass is 257 g/mol. The molecule has 1 aromatic carbocycles. The molecular weight excluding hydrogens is 238 g/mol. The zero-order valence-corrected chi connectivity index (χ0v) is 11.4. The number of rotatable bonds is 4. The fourth-order valence-corrected chi connectivity index (χ4v) is 3.14. The number of anilines is 1. The highest BCUT2D eigenvalue weighted by molar-refractivity contribution is 7.92. The first-order chi connectivity index (χ1) is 7.71. The van der Waals surface area contributed by atoms with Gasteiger partial charge in [-0.05, 0) is 37.0 Å². The van der Waals surface area contributed by atoms with Crippen molar-refractivity contribution in [2.45, 2.75) is 27.7 Å². The van der Waals surface area contributed by atoms with Gasteiger partial charge in [0.2, 0.25) is 10.0 Å². The normalized spacial score (nSPS) is 11.8. The summed E-state index contributed by atoms with van der Waals surface area (Å²) in [6.07, 6.45) is 0. The van der Waals surface area contributed by atoms with Crippen molar-refractivity contribution in [2.24, 2.45) is 5.92 Å². The number of benzene rings is 1. The molecule has 0 aliphatic rings. The number of hydrogen-bond donors (Lipinski definition) is 2. The van der Waals surface area contributed by atoms with Crippen molar-refractivity contribution in [1.82, 2.24) is 0 Å². The van der Waals surface area contributed by atoms with Crippen LogP contribution >= 0.6 is 0 Å². The van der Waals surface area contributed by atoms with Gasteiger partial charge in [0.25, 0.3) is 0 Å². The first-order valence-corrected chi connectivity index (χ1v) is 7.17. The number of nitrogens with one attached hydrogen (secondary N) is 1. The first kappa shape index (κ1) is 13.8. The third-order valence-electron chi connectivity index (χ3n) is 2.26. The largest absolute Gasteiger partial charge is 0.505 e. The van der Waals surface area contributed by atoms with Crippen LogP contribution < -0.4 is 4.72 Å². The molecule has 0 unspecified atom stereocenters. The number of phenolic OH excluding ortho intramolecular Hbond substituents is 1. The van der Waals surface area contributed by atoms with Gasteiger partial charge in [-0.15, -0.1) is 0 Å². The van der Waals surface area contributed by atoms with Gasteiger partial charge in [-0.3, -0.25) is 4.72 Å². The zero-order valence-electron chi connectivity index (χ0n) is 10.6. The lowest BCUT2D eigenvalue weighted by molar-refractivity contribution is 0.473. The molecule has 0 saturated heterocycles. The van der Waals surface area contributed by atoms with E-state index in [1.165, 1.54) is 0 Å². The van der Waals surface area contributed by atoms with Gasteiger partial charge in [0.15, 0.2) is 0 Å². The highest BCUT2D eigenvalue weighted by atomic mass is 32.2. The molecule has 4 nitrogen and oxygen atoms in total. The molecule has 2 N–H and O–H groups in total. The Morgan fingerprint density at radius 2 is 1.88 bits per heavy atom. The van der Waals surface area contributed by atoms with Gasteiger partial charge in [0, 0.05) is 0 Å². The molecule has 0 aliphatic carbocycles. The summed E-state index contributed by atoms with van der Waals surface area (Å²) in [5.74, 6) is 0.0721. The van der Waals surface area contributed by atoms with Crippen LogP contribution in [0.4, 0.5) is 5.69 Å². The van der Waals surface area contributed by atoms with Gasteiger partial charge in [0.1, 0.15) is 5.75 Å². The molecule has 0 saturated carbocycles. The summed E-state index contributed by atoms with van der Waals surface area (Å²) in [4.78, 5) is 0. The van der Waals surface area contributed by atoms with Crippen molar-refractivity contribution in [3.8, 4) is 5.75 Å². The van der Waals surface area contributed by atoms with E-state index in [4.69, 9.17) is 0 Å². The minimum absolute atomic E-state index is 0.0112. The smallest absolute Gasteiger partial charge is 0.233 e. The Morgan fingerprint density at radius 3 is 2.41 bits per heavy atom. The van der Waals surface area contributed by atoms with Crippen molar-refractivity contribution in [3.63, 3.8) is 0 Å². The lowest BCUT2D eigenvalue weighted by Crippen LogP contribution is -2.20. The lowest BCUT2D eigenvalue weighted by Gasteiger charge is -2.13. The molecule has 1 rings (SSSR count). The molecule has 0 radical (unpaired) electrons. The Hall–Kier alpha value is -1.23. The van der Waals surface area contributed by atoms with Crippen LogP contribution in [0.25, 0.3) is 0 Å². The second-order valence-corrected chi connectivity index (χ2v) is 6.52. The third kappa shape index (κ3) is 3.93. The van der Waals surface area contributed by atoms with Crippen molar-refractivity contribution in [3.05, 3.63) is 23.3 Å². The fourth-order valence-electron chi connectivity index (χ4n) is 1.69. The average molecular weight is 257 g/mol. The summed E-state index contributed by atoms with van der Waals surface area (Å²) < 4.78 is 25.9. The molecule has 0 bridgehead atoms. The second-order valence-electron chi connectivity index (χ2n) is 4.76. The minimum Gasteiger partial charge on any atom is -0.505 e. The molecule has 0 spiro atoms. The molecule has 0 atom stereocenters. The van der Waals surface area contributed by atoms with Gasteiger partial charge in [-0.25, -0.2) is 8.42 Å². The Morgan fingerprint density at radius 1 is 1.29 bits per heavy atom. The zero-order chi connectivity index (χ0) is 13.2. The Bertz CT molecular complexity index is 507. The van der Waals surface area contributed by atoms with Crippen LogP contribution in [0, 0.1) is 19.8 Å². The fraction of sp³-hybridized carbons (Fsp3) is 0.500. The van der Waals surface area contributed by atoms with Crippen LogP contribution in [-0.4, -0.2) is 19.3 Å². The lowest BCUT2D eigenvalue weighted by atomic mass is 10.1. The molecular formula is C12H19NO3S. The van der Waals surface area contributed by atoms with E-state index in [0.29, 0.717) is 5.56 Å². The Kier molecular flexibility index (Phi) is 4.03. The van der Waals surface area contributed by atoms with Crippen LogP contribution in [0.5, 0.6) is 5.75 Å². The molecule has 0 amide bonds. The summed E-state index contributed by atoms with van der Waals surface area (Å²) in [6, 6.07) is 3.43. The first-order valence-electron chi connectivity index (χ1n) is 5.52. The molecule has 0 aromatic heterocycles. The maximum absolute atomic E-state index is 11.8. The van der Waals surface area contributed by atoms with Crippen molar-refractivity contribution < 1.29 is 13.5 Å². The maximum Gasteiger partial charge on any atom is 0.233 e. The topological polar surface area (TPSA) is 66.4 Å². The van der Waals surface area contributed by atoms with Crippen LogP contribution in [-0.2, 0) is 10.0 Å². The summed E-state index contributed by atoms with van der Waals surface area (Å²) in [6.45, 7) is 7.26. The molecule has 0 fully saturated rings. The number of aryl methyl sites for hydroxylation is 2. The van der Waals surface area contributed by atoms with E-state index in [1.807, 2.05) is 20.8 Å². The van der Waals surface area contributed by atoms with Gasteiger partial charge in [-0.2, -0.15) is 0 Å². The highest BCUT2D eigenvalue weighted by Crippen LogP contribution is 2.29. The van der Waals surface area contributed by atoms with Gasteiger partial charge < -0.3 is 5.11 Å². The van der Waals surface area contributed by atoms with Crippen LogP contribution in [0.1, 0.15) is 25.0 Å². The molecule has 5 heteroatoms. The van der Waals surface area contributed by atoms with Crippen molar-refractivity contribution >= 4 is 15.7 Å². The molecule has 17 heavy (non-hydrogen) atoms. The number of sulfonamides is 1. The van der Waals surface area contributed by atoms with E-state index >= 15 is 0 Å². The number of phenols is 1. The predicted molar refractivity (Wildman–Crippen MR) is 69.8 cm³/mol. The summed E-state index contributed by atoms with van der Waals surface area (Å²) in [7, 11) is -3.40. The van der Waals surface area contributed by atoms with Crippen LogP contribution in [0.2, 0.25) is 0 Å².